The quantitative estimate of drug-likeness (QED) is 0.558. The maximum absolute atomic E-state index is 9.66. The number of ether oxygens (including phenoxy) is 1. The molecule has 0 spiro atoms. The van der Waals surface area contributed by atoms with Gasteiger partial charge in [-0.1, -0.05) is 26.0 Å². The van der Waals surface area contributed by atoms with Gasteiger partial charge in [0.1, 0.15) is 12.4 Å². The standard InChI is InChI=1S/C13H21NO2S.ClH/c1-10(2)13(15)17-9-11-4-3-5-12(8-11)16-7-6-14;/h3-5,8,10,15,17H,6-7,9,14H2,1-2H3;1H. The zero-order valence-corrected chi connectivity index (χ0v) is 12.5. The first-order chi connectivity index (χ1) is 8.13. The molecule has 0 radical (unpaired) electrons. The van der Waals surface area contributed by atoms with Crippen LogP contribution in [0.4, 0.5) is 0 Å². The van der Waals surface area contributed by atoms with E-state index in [0.717, 1.165) is 28.4 Å². The van der Waals surface area contributed by atoms with Gasteiger partial charge in [-0.15, -0.1) is 12.4 Å². The van der Waals surface area contributed by atoms with Crippen LogP contribution in [-0.2, 0) is 5.75 Å². The fourth-order valence-corrected chi connectivity index (χ4v) is 2.17. The molecule has 0 bridgehead atoms. The molecule has 0 aliphatic rings. The Labute approximate surface area is 119 Å². The predicted octanol–water partition coefficient (Wildman–Crippen LogP) is 2.76. The number of nitrogens with two attached hydrogens (primary N) is 1. The predicted molar refractivity (Wildman–Crippen MR) is 83.4 cm³/mol. The van der Waals surface area contributed by atoms with Gasteiger partial charge in [-0.2, -0.15) is 11.4 Å². The van der Waals surface area contributed by atoms with Gasteiger partial charge in [-0.25, -0.2) is 0 Å². The van der Waals surface area contributed by atoms with E-state index in [4.69, 9.17) is 10.5 Å². The highest BCUT2D eigenvalue weighted by atomic mass is 35.5. The Morgan fingerprint density at radius 2 is 2.17 bits per heavy atom. The van der Waals surface area contributed by atoms with Gasteiger partial charge in [0.05, 0.1) is 5.05 Å². The summed E-state index contributed by atoms with van der Waals surface area (Å²) in [6.07, 6.45) is 0. The lowest BCUT2D eigenvalue weighted by atomic mass is 10.2. The van der Waals surface area contributed by atoms with Gasteiger partial charge in [0.2, 0.25) is 0 Å². The van der Waals surface area contributed by atoms with Crippen LogP contribution < -0.4 is 10.5 Å². The van der Waals surface area contributed by atoms with Crippen LogP contribution in [0.2, 0.25) is 0 Å². The summed E-state index contributed by atoms with van der Waals surface area (Å²) in [6, 6.07) is 7.91. The number of hydrogen-bond donors (Lipinski definition) is 3. The Morgan fingerprint density at radius 1 is 1.44 bits per heavy atom. The van der Waals surface area contributed by atoms with E-state index in [1.807, 2.05) is 38.1 Å². The zero-order chi connectivity index (χ0) is 12.7. The number of thiol groups is 1. The molecule has 5 heteroatoms. The van der Waals surface area contributed by atoms with Gasteiger partial charge in [0, 0.05) is 18.2 Å². The normalized spacial score (nSPS) is 11.7. The Morgan fingerprint density at radius 3 is 2.78 bits per heavy atom. The van der Waals surface area contributed by atoms with E-state index in [-0.39, 0.29) is 18.3 Å². The number of rotatable bonds is 6. The Balaban J connectivity index is 0.00000289. The van der Waals surface area contributed by atoms with Crippen LogP contribution >= 0.6 is 23.8 Å². The van der Waals surface area contributed by atoms with Crippen LogP contribution in [0.1, 0.15) is 19.4 Å². The maximum atomic E-state index is 9.66. The number of aliphatic hydroxyl groups excluding tert-OH is 1. The monoisotopic (exact) mass is 291 g/mol. The van der Waals surface area contributed by atoms with Gasteiger partial charge in [0.25, 0.3) is 0 Å². The van der Waals surface area contributed by atoms with Gasteiger partial charge in [-0.05, 0) is 17.7 Å². The zero-order valence-electron chi connectivity index (χ0n) is 10.8. The second kappa shape index (κ2) is 9.39. The van der Waals surface area contributed by atoms with Crippen molar-refractivity contribution in [3.05, 3.63) is 29.8 Å². The van der Waals surface area contributed by atoms with Gasteiger partial charge in [0.15, 0.2) is 0 Å². The second-order valence-electron chi connectivity index (χ2n) is 4.11. The minimum Gasteiger partial charge on any atom is -0.492 e. The summed E-state index contributed by atoms with van der Waals surface area (Å²) in [6.45, 7) is 5.03. The summed E-state index contributed by atoms with van der Waals surface area (Å²) in [7, 11) is 0. The van der Waals surface area contributed by atoms with Crippen molar-refractivity contribution in [2.45, 2.75) is 19.6 Å². The fourth-order valence-electron chi connectivity index (χ4n) is 1.27. The van der Waals surface area contributed by atoms with E-state index < -0.39 is 0 Å². The average molecular weight is 292 g/mol. The minimum absolute atomic E-state index is 0. The smallest absolute Gasteiger partial charge is 0.119 e. The number of benzene rings is 1. The Kier molecular flexibility index (Phi) is 9.10. The largest absolute Gasteiger partial charge is 0.492 e. The van der Waals surface area contributed by atoms with Crippen molar-refractivity contribution in [2.24, 2.45) is 11.7 Å². The molecule has 0 amide bonds. The van der Waals surface area contributed by atoms with Crippen molar-refractivity contribution < 1.29 is 9.84 Å². The third-order valence-corrected chi connectivity index (χ3v) is 3.59. The van der Waals surface area contributed by atoms with Crippen LogP contribution in [0, 0.1) is 5.92 Å². The first-order valence-corrected chi connectivity index (χ1v) is 6.86. The summed E-state index contributed by atoms with van der Waals surface area (Å²) in [5, 5.41) is 10.2. The highest BCUT2D eigenvalue weighted by Gasteiger charge is 1.99. The minimum atomic E-state index is 0. The van der Waals surface area contributed by atoms with Gasteiger partial charge in [-0.3, -0.25) is 0 Å². The molecule has 0 fully saturated rings. The van der Waals surface area contributed by atoms with Crippen LogP contribution in [-0.4, -0.2) is 23.3 Å². The Hall–Kier alpha value is -0.550. The van der Waals surface area contributed by atoms with Crippen LogP contribution in [0.5, 0.6) is 5.75 Å². The average Bonchev–Trinajstić information content (AvgIpc) is 2.33. The molecule has 0 heterocycles. The fraction of sp³-hybridized carbons (Fsp3) is 0.462. The molecule has 0 aromatic heterocycles. The van der Waals surface area contributed by atoms with E-state index in [2.05, 4.69) is 0 Å². The molecule has 1 aromatic carbocycles. The molecule has 18 heavy (non-hydrogen) atoms. The molecule has 0 aliphatic carbocycles. The van der Waals surface area contributed by atoms with Crippen LogP contribution in [0.25, 0.3) is 0 Å². The van der Waals surface area contributed by atoms with Crippen LogP contribution in [0.3, 0.4) is 0 Å². The summed E-state index contributed by atoms with van der Waals surface area (Å²) in [4.78, 5) is 0. The highest BCUT2D eigenvalue weighted by Crippen LogP contribution is 2.16. The lowest BCUT2D eigenvalue weighted by Crippen LogP contribution is -2.10. The molecule has 0 unspecified atom stereocenters. The molecular formula is C13H22ClNO2S. The molecule has 1 rings (SSSR count). The van der Waals surface area contributed by atoms with E-state index in [0.29, 0.717) is 18.2 Å². The molecule has 0 atom stereocenters. The first kappa shape index (κ1) is 17.4. The van der Waals surface area contributed by atoms with Crippen molar-refractivity contribution in [1.82, 2.24) is 0 Å². The number of hydrogen-bond acceptors (Lipinski definition) is 2. The maximum Gasteiger partial charge on any atom is 0.119 e. The summed E-state index contributed by atoms with van der Waals surface area (Å²) < 4.78 is 5.45. The number of aliphatic hydroxyl groups is 1. The lowest BCUT2D eigenvalue weighted by Gasteiger charge is -2.07. The molecule has 1 aromatic rings. The third-order valence-electron chi connectivity index (χ3n) is 2.23. The van der Waals surface area contributed by atoms with Gasteiger partial charge >= 0.3 is 0 Å². The molecule has 0 saturated carbocycles. The SMILES string of the molecule is CC(C)C(O)=[SH]Cc1cccc(OCCN)c1.Cl. The molecule has 3 nitrogen and oxygen atoms in total. The molecule has 104 valence electrons. The lowest BCUT2D eigenvalue weighted by molar-refractivity contribution is 0.328. The van der Waals surface area contributed by atoms with E-state index in [1.54, 1.807) is 0 Å². The van der Waals surface area contributed by atoms with Crippen molar-refractivity contribution in [3.8, 4) is 5.75 Å². The summed E-state index contributed by atoms with van der Waals surface area (Å²) in [5.74, 6) is 1.87. The molecule has 0 saturated heterocycles. The van der Waals surface area contributed by atoms with E-state index in [9.17, 15) is 5.11 Å². The van der Waals surface area contributed by atoms with Gasteiger partial charge < -0.3 is 15.6 Å². The summed E-state index contributed by atoms with van der Waals surface area (Å²) >= 11 is 0.958. The first-order valence-electron chi connectivity index (χ1n) is 5.78. The molecule has 0 aliphatic heterocycles. The van der Waals surface area contributed by atoms with E-state index in [1.165, 1.54) is 0 Å². The van der Waals surface area contributed by atoms with Crippen molar-refractivity contribution in [3.63, 3.8) is 0 Å². The highest BCUT2D eigenvalue weighted by molar-refractivity contribution is 7.97. The second-order valence-corrected chi connectivity index (χ2v) is 5.20. The Bertz CT molecular complexity index is 383. The summed E-state index contributed by atoms with van der Waals surface area (Å²) in [5.41, 5.74) is 6.54. The van der Waals surface area contributed by atoms with Crippen molar-refractivity contribution >= 4 is 28.8 Å². The van der Waals surface area contributed by atoms with E-state index >= 15 is 0 Å². The van der Waals surface area contributed by atoms with Crippen molar-refractivity contribution in [1.29, 1.82) is 0 Å². The molecular weight excluding hydrogens is 270 g/mol. The van der Waals surface area contributed by atoms with Crippen LogP contribution in [0.15, 0.2) is 24.3 Å². The molecule has 3 N–H and O–H groups in total. The topological polar surface area (TPSA) is 55.5 Å². The van der Waals surface area contributed by atoms with Crippen molar-refractivity contribution in [2.75, 3.05) is 13.2 Å². The number of halogens is 1. The third kappa shape index (κ3) is 6.40.